The zero-order chi connectivity index (χ0) is 21.1. The molecule has 0 saturated carbocycles. The molecule has 0 amide bonds. The van der Waals surface area contributed by atoms with E-state index >= 15 is 0 Å². The standard InChI is InChI=1S/C21H22I2N3O2PS/c1-28-18-13-24-21-17(9-12-26(21)30-29(22)23)19(18)20(27)16-7-10-25(11-8-16)14-15-5-3-2-4-6-15/h2-6,9,12-13,16H,7-8,10-11,14H2,1H3. The van der Waals surface area contributed by atoms with Crippen LogP contribution in [0, 0.1) is 5.92 Å². The van der Waals surface area contributed by atoms with Crippen molar-refractivity contribution in [2.75, 3.05) is 20.2 Å². The number of methoxy groups -OCH3 is 1. The SMILES string of the molecule is COc1cnc2c(ccn2SP(I)I)c1C(=O)C1CCN(Cc2ccccc2)CC1. The fraction of sp³-hybridized carbons (Fsp3) is 0.333. The van der Waals surface area contributed by atoms with E-state index in [0.717, 1.165) is 43.5 Å². The number of carbonyl (C=O) groups is 1. The van der Waals surface area contributed by atoms with Crippen LogP contribution in [0.3, 0.4) is 0 Å². The summed E-state index contributed by atoms with van der Waals surface area (Å²) >= 11 is 6.59. The fourth-order valence-corrected chi connectivity index (χ4v) is 8.67. The van der Waals surface area contributed by atoms with E-state index in [1.54, 1.807) is 24.9 Å². The second kappa shape index (κ2) is 10.5. The average Bonchev–Trinajstić information content (AvgIpc) is 3.16. The number of hydrogen-bond acceptors (Lipinski definition) is 5. The number of hydrogen-bond donors (Lipinski definition) is 0. The van der Waals surface area contributed by atoms with Gasteiger partial charge >= 0.3 is 0 Å². The van der Waals surface area contributed by atoms with Crippen molar-refractivity contribution in [2.24, 2.45) is 5.92 Å². The van der Waals surface area contributed by atoms with E-state index in [9.17, 15) is 4.79 Å². The third-order valence-corrected chi connectivity index (χ3v) is 10.1. The number of carbonyl (C=O) groups excluding carboxylic acids is 1. The Hall–Kier alpha value is -0.420. The molecule has 1 aliphatic rings. The van der Waals surface area contributed by atoms with Gasteiger partial charge in [0, 0.05) is 35.6 Å². The molecule has 0 radical (unpaired) electrons. The molecule has 0 unspecified atom stereocenters. The first-order valence-electron chi connectivity index (χ1n) is 9.71. The van der Waals surface area contributed by atoms with Crippen molar-refractivity contribution in [3.05, 3.63) is 59.9 Å². The van der Waals surface area contributed by atoms with Crippen molar-refractivity contribution in [2.45, 2.75) is 19.4 Å². The molecule has 5 nitrogen and oxygen atoms in total. The Morgan fingerprint density at radius 3 is 2.63 bits per heavy atom. The van der Waals surface area contributed by atoms with E-state index in [2.05, 4.69) is 82.2 Å². The molecule has 0 atom stereocenters. The Kier molecular flexibility index (Phi) is 7.94. The smallest absolute Gasteiger partial charge is 0.170 e. The van der Waals surface area contributed by atoms with Crippen LogP contribution in [0.4, 0.5) is 0 Å². The van der Waals surface area contributed by atoms with Crippen molar-refractivity contribution in [3.8, 4) is 5.75 Å². The number of Topliss-reactive ketones (excluding diaryl/α,β-unsaturated/α-hetero) is 1. The monoisotopic (exact) mass is 665 g/mol. The minimum absolute atomic E-state index is 0.0267. The van der Waals surface area contributed by atoms with Crippen LogP contribution in [0.2, 0.25) is 0 Å². The van der Waals surface area contributed by atoms with E-state index in [1.165, 1.54) is 5.56 Å². The quantitative estimate of drug-likeness (QED) is 0.159. The summed E-state index contributed by atoms with van der Waals surface area (Å²) in [6, 6.07) is 12.5. The third-order valence-electron chi connectivity index (χ3n) is 5.47. The highest BCUT2D eigenvalue weighted by Gasteiger charge is 2.30. The fourth-order valence-electron chi connectivity index (χ4n) is 3.99. The highest BCUT2D eigenvalue weighted by molar-refractivity contribution is 14.3. The predicted molar refractivity (Wildman–Crippen MR) is 143 cm³/mol. The van der Waals surface area contributed by atoms with E-state index < -0.39 is 0 Å². The summed E-state index contributed by atoms with van der Waals surface area (Å²) in [5.41, 5.74) is 2.85. The van der Waals surface area contributed by atoms with Gasteiger partial charge in [0.05, 0.1) is 18.9 Å². The number of ketones is 1. The topological polar surface area (TPSA) is 47.4 Å². The highest BCUT2D eigenvalue weighted by Crippen LogP contribution is 2.65. The molecule has 9 heteroatoms. The van der Waals surface area contributed by atoms with Gasteiger partial charge in [-0.25, -0.2) is 4.98 Å². The summed E-state index contributed by atoms with van der Waals surface area (Å²) in [5.74, 6) is 0.791. The minimum Gasteiger partial charge on any atom is -0.494 e. The number of nitrogens with zero attached hydrogens (tertiary/aromatic N) is 3. The van der Waals surface area contributed by atoms with E-state index in [-0.39, 0.29) is 14.1 Å². The predicted octanol–water partition coefficient (Wildman–Crippen LogP) is 6.73. The van der Waals surface area contributed by atoms with Gasteiger partial charge in [0.1, 0.15) is 8.16 Å². The summed E-state index contributed by atoms with van der Waals surface area (Å²) in [6.07, 6.45) is 5.45. The zero-order valence-electron chi connectivity index (χ0n) is 16.5. The van der Waals surface area contributed by atoms with Gasteiger partial charge in [-0.05, 0) is 81.6 Å². The maximum atomic E-state index is 13.5. The number of rotatable bonds is 7. The lowest BCUT2D eigenvalue weighted by atomic mass is 9.87. The normalized spacial score (nSPS) is 15.7. The van der Waals surface area contributed by atoms with Crippen LogP contribution in [0.25, 0.3) is 11.0 Å². The first-order chi connectivity index (χ1) is 14.6. The van der Waals surface area contributed by atoms with Crippen LogP contribution in [-0.4, -0.2) is 39.8 Å². The van der Waals surface area contributed by atoms with Crippen LogP contribution < -0.4 is 4.74 Å². The number of likely N-dealkylation sites (tertiary alicyclic amines) is 1. The number of aromatic nitrogens is 2. The Bertz CT molecular complexity index is 1020. The minimum atomic E-state index is -0.241. The van der Waals surface area contributed by atoms with Crippen molar-refractivity contribution in [1.82, 2.24) is 13.9 Å². The molecule has 1 saturated heterocycles. The van der Waals surface area contributed by atoms with Crippen molar-refractivity contribution in [1.29, 1.82) is 0 Å². The number of ether oxygens (including phenoxy) is 1. The molecule has 0 spiro atoms. The molecule has 0 aliphatic carbocycles. The maximum absolute atomic E-state index is 13.5. The van der Waals surface area contributed by atoms with Gasteiger partial charge in [-0.15, -0.1) is 0 Å². The molecule has 30 heavy (non-hydrogen) atoms. The molecule has 0 bridgehead atoms. The summed E-state index contributed by atoms with van der Waals surface area (Å²) in [4.78, 5) is 20.6. The van der Waals surface area contributed by atoms with Gasteiger partial charge in [0.15, 0.2) is 11.4 Å². The van der Waals surface area contributed by atoms with Gasteiger partial charge in [0.2, 0.25) is 0 Å². The van der Waals surface area contributed by atoms with Crippen LogP contribution >= 0.6 is 58.1 Å². The Labute approximate surface area is 207 Å². The van der Waals surface area contributed by atoms with Crippen molar-refractivity contribution >= 4 is 74.9 Å². The van der Waals surface area contributed by atoms with Crippen LogP contribution in [0.15, 0.2) is 48.8 Å². The van der Waals surface area contributed by atoms with Crippen LogP contribution in [-0.2, 0) is 6.54 Å². The molecule has 3 aromatic rings. The van der Waals surface area contributed by atoms with E-state index in [1.807, 2.05) is 18.3 Å². The molecule has 158 valence electrons. The van der Waals surface area contributed by atoms with Gasteiger partial charge in [-0.1, -0.05) is 30.3 Å². The summed E-state index contributed by atoms with van der Waals surface area (Å²) in [6.45, 7) is 2.82. The number of halogens is 2. The largest absolute Gasteiger partial charge is 0.494 e. The summed E-state index contributed by atoms with van der Waals surface area (Å²) in [5, 5.41) is 0.892. The highest BCUT2D eigenvalue weighted by atomic mass is 127. The molecule has 3 heterocycles. The molecule has 1 fully saturated rings. The maximum Gasteiger partial charge on any atom is 0.170 e. The van der Waals surface area contributed by atoms with Gasteiger partial charge < -0.3 is 4.74 Å². The number of benzene rings is 1. The lowest BCUT2D eigenvalue weighted by molar-refractivity contribution is 0.0833. The van der Waals surface area contributed by atoms with Gasteiger partial charge in [-0.2, -0.15) is 0 Å². The molecule has 1 aromatic carbocycles. The molecule has 4 rings (SSSR count). The molecule has 0 N–H and O–H groups in total. The second-order valence-corrected chi connectivity index (χ2v) is 25.1. The second-order valence-electron chi connectivity index (χ2n) is 7.26. The van der Waals surface area contributed by atoms with Crippen molar-refractivity contribution < 1.29 is 9.53 Å². The first-order valence-corrected chi connectivity index (χ1v) is 18.0. The van der Waals surface area contributed by atoms with Crippen LogP contribution in [0.1, 0.15) is 28.8 Å². The van der Waals surface area contributed by atoms with Gasteiger partial charge in [0.25, 0.3) is 0 Å². The van der Waals surface area contributed by atoms with E-state index in [0.29, 0.717) is 11.3 Å². The van der Waals surface area contributed by atoms with Gasteiger partial charge in [-0.3, -0.25) is 13.7 Å². The number of piperidine rings is 1. The average molecular weight is 665 g/mol. The summed E-state index contributed by atoms with van der Waals surface area (Å²) < 4.78 is 7.37. The van der Waals surface area contributed by atoms with Crippen molar-refractivity contribution in [3.63, 3.8) is 0 Å². The Balaban J connectivity index is 1.52. The third kappa shape index (κ3) is 5.14. The zero-order valence-corrected chi connectivity index (χ0v) is 22.5. The van der Waals surface area contributed by atoms with Crippen LogP contribution in [0.5, 0.6) is 5.75 Å². The Morgan fingerprint density at radius 2 is 1.97 bits per heavy atom. The number of fused-ring (bicyclic) bond motifs is 1. The lowest BCUT2D eigenvalue weighted by Gasteiger charge is -2.31. The molecular formula is C21H22I2N3O2PS. The Morgan fingerprint density at radius 1 is 1.23 bits per heavy atom. The lowest BCUT2D eigenvalue weighted by Crippen LogP contribution is -2.36. The summed E-state index contributed by atoms with van der Waals surface area (Å²) in [7, 11) is 1.61. The first kappa shape index (κ1) is 22.8. The molecular weight excluding hydrogens is 643 g/mol. The molecule has 1 aliphatic heterocycles. The number of pyridine rings is 1. The molecule has 2 aromatic heterocycles. The van der Waals surface area contributed by atoms with E-state index in [4.69, 9.17) is 4.74 Å².